The summed E-state index contributed by atoms with van der Waals surface area (Å²) < 4.78 is 40.3. The highest BCUT2D eigenvalue weighted by Crippen LogP contribution is 2.27. The Morgan fingerprint density at radius 2 is 1.86 bits per heavy atom. The second-order valence-corrected chi connectivity index (χ2v) is 7.67. The number of benzene rings is 2. The molecule has 7 heteroatoms. The van der Waals surface area contributed by atoms with E-state index in [1.807, 2.05) is 0 Å². The summed E-state index contributed by atoms with van der Waals surface area (Å²) in [6.45, 7) is -0.144. The molecular formula is C14H12BrClFNO2S. The van der Waals surface area contributed by atoms with Crippen LogP contribution in [0.25, 0.3) is 0 Å². The maximum absolute atomic E-state index is 13.8. The minimum absolute atomic E-state index is 0.125. The minimum Gasteiger partial charge on any atom is -0.207 e. The SMILES string of the molecule is CN(Cc1c(F)cccc1Cl)S(=O)(=O)c1ccccc1Br. The quantitative estimate of drug-likeness (QED) is 0.787. The van der Waals surface area contributed by atoms with Gasteiger partial charge in [0, 0.05) is 28.7 Å². The molecule has 0 fully saturated rings. The van der Waals surface area contributed by atoms with Crippen molar-refractivity contribution >= 4 is 37.6 Å². The van der Waals surface area contributed by atoms with Crippen LogP contribution in [0, 0.1) is 5.82 Å². The van der Waals surface area contributed by atoms with E-state index < -0.39 is 15.8 Å². The zero-order valence-corrected chi connectivity index (χ0v) is 14.2. The Morgan fingerprint density at radius 3 is 2.48 bits per heavy atom. The van der Waals surface area contributed by atoms with Crippen molar-refractivity contribution in [3.05, 3.63) is 63.3 Å². The molecule has 0 spiro atoms. The molecule has 2 aromatic rings. The molecule has 0 aliphatic carbocycles. The van der Waals surface area contributed by atoms with Crippen LogP contribution in [-0.4, -0.2) is 19.8 Å². The number of hydrogen-bond acceptors (Lipinski definition) is 2. The van der Waals surface area contributed by atoms with Gasteiger partial charge in [-0.3, -0.25) is 0 Å². The number of rotatable bonds is 4. The van der Waals surface area contributed by atoms with Gasteiger partial charge in [0.25, 0.3) is 0 Å². The van der Waals surface area contributed by atoms with Crippen LogP contribution in [0.4, 0.5) is 4.39 Å². The summed E-state index contributed by atoms with van der Waals surface area (Å²) >= 11 is 9.14. The van der Waals surface area contributed by atoms with Crippen molar-refractivity contribution in [1.29, 1.82) is 0 Å². The van der Waals surface area contributed by atoms with Crippen molar-refractivity contribution in [3.8, 4) is 0 Å². The lowest BCUT2D eigenvalue weighted by Gasteiger charge is -2.19. The molecule has 0 aromatic heterocycles. The van der Waals surface area contributed by atoms with Crippen LogP contribution in [0.5, 0.6) is 0 Å². The fourth-order valence-electron chi connectivity index (χ4n) is 1.81. The van der Waals surface area contributed by atoms with Crippen molar-refractivity contribution < 1.29 is 12.8 Å². The fraction of sp³-hybridized carbons (Fsp3) is 0.143. The lowest BCUT2D eigenvalue weighted by atomic mass is 10.2. The number of halogens is 3. The van der Waals surface area contributed by atoms with Gasteiger partial charge in [-0.25, -0.2) is 12.8 Å². The van der Waals surface area contributed by atoms with E-state index in [9.17, 15) is 12.8 Å². The first-order chi connectivity index (χ1) is 9.84. The maximum Gasteiger partial charge on any atom is 0.244 e. The molecule has 0 amide bonds. The number of nitrogens with zero attached hydrogens (tertiary/aromatic N) is 1. The smallest absolute Gasteiger partial charge is 0.207 e. The average molecular weight is 393 g/mol. The van der Waals surface area contributed by atoms with E-state index in [1.54, 1.807) is 18.2 Å². The minimum atomic E-state index is -3.74. The lowest BCUT2D eigenvalue weighted by molar-refractivity contribution is 0.456. The molecule has 0 saturated heterocycles. The third-order valence-electron chi connectivity index (χ3n) is 2.97. The Balaban J connectivity index is 2.36. The molecule has 0 atom stereocenters. The summed E-state index contributed by atoms with van der Waals surface area (Å²) in [6, 6.07) is 10.7. The highest BCUT2D eigenvalue weighted by atomic mass is 79.9. The molecule has 2 aromatic carbocycles. The first-order valence-electron chi connectivity index (χ1n) is 5.98. The van der Waals surface area contributed by atoms with E-state index in [1.165, 1.54) is 31.3 Å². The van der Waals surface area contributed by atoms with Crippen LogP contribution in [-0.2, 0) is 16.6 Å². The predicted octanol–water partition coefficient (Wildman–Crippen LogP) is 4.06. The van der Waals surface area contributed by atoms with Crippen molar-refractivity contribution in [3.63, 3.8) is 0 Å². The van der Waals surface area contributed by atoms with E-state index in [2.05, 4.69) is 15.9 Å². The van der Waals surface area contributed by atoms with Crippen molar-refractivity contribution in [2.45, 2.75) is 11.4 Å². The highest BCUT2D eigenvalue weighted by Gasteiger charge is 2.24. The second-order valence-electron chi connectivity index (χ2n) is 4.39. The van der Waals surface area contributed by atoms with Crippen LogP contribution >= 0.6 is 27.5 Å². The zero-order valence-electron chi connectivity index (χ0n) is 11.1. The van der Waals surface area contributed by atoms with E-state index in [0.717, 1.165) is 4.31 Å². The van der Waals surface area contributed by atoms with Gasteiger partial charge in [0.15, 0.2) is 0 Å². The molecule has 0 radical (unpaired) electrons. The Hall–Kier alpha value is -0.950. The van der Waals surface area contributed by atoms with Crippen LogP contribution in [0.15, 0.2) is 51.8 Å². The average Bonchev–Trinajstić information content (AvgIpc) is 2.43. The third kappa shape index (κ3) is 3.45. The van der Waals surface area contributed by atoms with Gasteiger partial charge < -0.3 is 0 Å². The van der Waals surface area contributed by atoms with E-state index in [0.29, 0.717) is 4.47 Å². The monoisotopic (exact) mass is 391 g/mol. The van der Waals surface area contributed by atoms with Gasteiger partial charge in [-0.05, 0) is 40.2 Å². The summed E-state index contributed by atoms with van der Waals surface area (Å²) in [5.74, 6) is -0.531. The van der Waals surface area contributed by atoms with Crippen molar-refractivity contribution in [2.24, 2.45) is 0 Å². The van der Waals surface area contributed by atoms with Crippen LogP contribution in [0.3, 0.4) is 0 Å². The highest BCUT2D eigenvalue weighted by molar-refractivity contribution is 9.10. The van der Waals surface area contributed by atoms with Crippen LogP contribution in [0.1, 0.15) is 5.56 Å². The Bertz CT molecular complexity index is 747. The molecule has 0 N–H and O–H groups in total. The van der Waals surface area contributed by atoms with Gasteiger partial charge in [-0.2, -0.15) is 4.31 Å². The van der Waals surface area contributed by atoms with Gasteiger partial charge in [-0.1, -0.05) is 29.8 Å². The molecule has 0 aliphatic heterocycles. The standard InChI is InChI=1S/C14H12BrClFNO2S/c1-18(9-10-12(16)6-4-7-13(10)17)21(19,20)14-8-3-2-5-11(14)15/h2-8H,9H2,1H3. The Labute approximate surface area is 136 Å². The third-order valence-corrected chi connectivity index (χ3v) is 6.14. The predicted molar refractivity (Wildman–Crippen MR) is 84.2 cm³/mol. The molecule has 0 unspecified atom stereocenters. The van der Waals surface area contributed by atoms with Gasteiger partial charge >= 0.3 is 0 Å². The summed E-state index contributed by atoms with van der Waals surface area (Å²) in [6.07, 6.45) is 0. The molecule has 0 aliphatic rings. The molecule has 0 saturated carbocycles. The largest absolute Gasteiger partial charge is 0.244 e. The Kier molecular flexibility index (Phi) is 5.03. The van der Waals surface area contributed by atoms with Gasteiger partial charge in [-0.15, -0.1) is 0 Å². The van der Waals surface area contributed by atoms with Gasteiger partial charge in [0.1, 0.15) is 5.82 Å². The van der Waals surface area contributed by atoms with Crippen LogP contribution in [0.2, 0.25) is 5.02 Å². The fourth-order valence-corrected chi connectivity index (χ4v) is 4.13. The van der Waals surface area contributed by atoms with Crippen LogP contribution < -0.4 is 0 Å². The van der Waals surface area contributed by atoms with E-state index in [-0.39, 0.29) is 22.0 Å². The molecule has 2 rings (SSSR count). The first kappa shape index (κ1) is 16.4. The van der Waals surface area contributed by atoms with Gasteiger partial charge in [0.05, 0.1) is 4.90 Å². The zero-order chi connectivity index (χ0) is 15.6. The molecule has 0 heterocycles. The normalized spacial score (nSPS) is 11.9. The maximum atomic E-state index is 13.8. The molecule has 3 nitrogen and oxygen atoms in total. The summed E-state index contributed by atoms with van der Waals surface area (Å²) in [5.41, 5.74) is 0.150. The summed E-state index contributed by atoms with van der Waals surface area (Å²) in [5, 5.41) is 0.198. The Morgan fingerprint density at radius 1 is 1.19 bits per heavy atom. The number of hydrogen-bond donors (Lipinski definition) is 0. The van der Waals surface area contributed by atoms with Gasteiger partial charge in [0.2, 0.25) is 10.0 Å². The molecule has 112 valence electrons. The summed E-state index contributed by atoms with van der Waals surface area (Å²) in [4.78, 5) is 0.125. The molecular weight excluding hydrogens is 381 g/mol. The first-order valence-corrected chi connectivity index (χ1v) is 8.59. The lowest BCUT2D eigenvalue weighted by Crippen LogP contribution is -2.27. The van der Waals surface area contributed by atoms with E-state index >= 15 is 0 Å². The topological polar surface area (TPSA) is 37.4 Å². The molecule has 21 heavy (non-hydrogen) atoms. The second kappa shape index (κ2) is 6.44. The number of sulfonamides is 1. The summed E-state index contributed by atoms with van der Waals surface area (Å²) in [7, 11) is -2.35. The van der Waals surface area contributed by atoms with E-state index in [4.69, 9.17) is 11.6 Å². The molecule has 0 bridgehead atoms. The van der Waals surface area contributed by atoms with Crippen molar-refractivity contribution in [2.75, 3.05) is 7.05 Å². The van der Waals surface area contributed by atoms with Crippen molar-refractivity contribution in [1.82, 2.24) is 4.31 Å².